The van der Waals surface area contributed by atoms with Gasteiger partial charge in [0.1, 0.15) is 11.5 Å². The normalized spacial score (nSPS) is 10.2. The zero-order valence-electron chi connectivity index (χ0n) is 12.4. The molecule has 0 atom stereocenters. The standard InChI is InChI=1S/C18H19O2P/c1-5-21(6-2)17-13-8-7-10-14(17)18-15(19-3)11-9-12-16(18)20-4/h5-13H,1-2H2,3-4H3. The molecule has 0 aliphatic carbocycles. The molecule has 0 fully saturated rings. The SMILES string of the molecule is C=CP(C=C)c1ccccc1-c1c(OC)cccc1OC. The Balaban J connectivity index is 2.73. The topological polar surface area (TPSA) is 18.5 Å². The number of hydrogen-bond donors (Lipinski definition) is 0. The maximum Gasteiger partial charge on any atom is 0.130 e. The van der Waals surface area contributed by atoms with Crippen LogP contribution in [0.5, 0.6) is 11.5 Å². The van der Waals surface area contributed by atoms with Gasteiger partial charge in [-0.1, -0.05) is 55.1 Å². The van der Waals surface area contributed by atoms with Crippen molar-refractivity contribution in [3.05, 3.63) is 67.3 Å². The van der Waals surface area contributed by atoms with Gasteiger partial charge in [-0.15, -0.1) is 0 Å². The third-order valence-corrected chi connectivity index (χ3v) is 5.01. The molecule has 0 unspecified atom stereocenters. The Morgan fingerprint density at radius 3 is 1.95 bits per heavy atom. The predicted octanol–water partition coefficient (Wildman–Crippen LogP) is 4.77. The third-order valence-electron chi connectivity index (χ3n) is 3.27. The van der Waals surface area contributed by atoms with Crippen LogP contribution in [0.1, 0.15) is 0 Å². The Bertz CT molecular complexity index is 619. The van der Waals surface area contributed by atoms with E-state index in [9.17, 15) is 0 Å². The minimum absolute atomic E-state index is 0.614. The molecule has 0 N–H and O–H groups in total. The van der Waals surface area contributed by atoms with E-state index in [0.29, 0.717) is 0 Å². The lowest BCUT2D eigenvalue weighted by Gasteiger charge is -2.18. The van der Waals surface area contributed by atoms with Crippen LogP contribution < -0.4 is 14.8 Å². The first-order chi connectivity index (χ1) is 10.3. The van der Waals surface area contributed by atoms with Gasteiger partial charge in [0, 0.05) is 0 Å². The van der Waals surface area contributed by atoms with Crippen molar-refractivity contribution in [2.45, 2.75) is 0 Å². The first-order valence-corrected chi connectivity index (χ1v) is 8.08. The lowest BCUT2D eigenvalue weighted by Crippen LogP contribution is -2.04. The fourth-order valence-corrected chi connectivity index (χ4v) is 3.56. The minimum Gasteiger partial charge on any atom is -0.496 e. The Labute approximate surface area is 127 Å². The zero-order valence-corrected chi connectivity index (χ0v) is 13.3. The van der Waals surface area contributed by atoms with Crippen molar-refractivity contribution in [1.82, 2.24) is 0 Å². The van der Waals surface area contributed by atoms with Crippen molar-refractivity contribution < 1.29 is 9.47 Å². The Hall–Kier alpha value is -2.05. The molecule has 2 aromatic rings. The van der Waals surface area contributed by atoms with Crippen molar-refractivity contribution >= 4 is 13.2 Å². The first kappa shape index (κ1) is 15.3. The van der Waals surface area contributed by atoms with E-state index in [1.54, 1.807) is 14.2 Å². The minimum atomic E-state index is -0.614. The van der Waals surface area contributed by atoms with E-state index in [0.717, 1.165) is 22.6 Å². The molecule has 0 amide bonds. The molecule has 0 bridgehead atoms. The third kappa shape index (κ3) is 3.01. The van der Waals surface area contributed by atoms with Crippen molar-refractivity contribution in [3.8, 4) is 22.6 Å². The van der Waals surface area contributed by atoms with Crippen molar-refractivity contribution in [1.29, 1.82) is 0 Å². The molecule has 21 heavy (non-hydrogen) atoms. The summed E-state index contributed by atoms with van der Waals surface area (Å²) in [6.45, 7) is 7.85. The molecule has 2 nitrogen and oxygen atoms in total. The molecule has 0 aliphatic heterocycles. The van der Waals surface area contributed by atoms with E-state index < -0.39 is 7.92 Å². The summed E-state index contributed by atoms with van der Waals surface area (Å²) in [5, 5.41) is 1.19. The number of benzene rings is 2. The van der Waals surface area contributed by atoms with E-state index in [1.807, 2.05) is 42.0 Å². The highest BCUT2D eigenvalue weighted by Crippen LogP contribution is 2.44. The van der Waals surface area contributed by atoms with Gasteiger partial charge < -0.3 is 9.47 Å². The van der Waals surface area contributed by atoms with Gasteiger partial charge in [0.05, 0.1) is 19.8 Å². The van der Waals surface area contributed by atoms with E-state index in [-0.39, 0.29) is 0 Å². The number of ether oxygens (including phenoxy) is 2. The largest absolute Gasteiger partial charge is 0.496 e. The second-order valence-electron chi connectivity index (χ2n) is 4.33. The average molecular weight is 298 g/mol. The molecular formula is C18H19O2P. The van der Waals surface area contributed by atoms with Gasteiger partial charge in [-0.3, -0.25) is 0 Å². The number of hydrogen-bond acceptors (Lipinski definition) is 2. The quantitative estimate of drug-likeness (QED) is 0.715. The molecule has 0 saturated carbocycles. The van der Waals surface area contributed by atoms with Crippen LogP contribution in [0.3, 0.4) is 0 Å². The highest BCUT2D eigenvalue weighted by Gasteiger charge is 2.17. The lowest BCUT2D eigenvalue weighted by atomic mass is 10.0. The fraction of sp³-hybridized carbons (Fsp3) is 0.111. The van der Waals surface area contributed by atoms with Crippen LogP contribution in [-0.2, 0) is 0 Å². The van der Waals surface area contributed by atoms with Gasteiger partial charge in [-0.25, -0.2) is 0 Å². The van der Waals surface area contributed by atoms with E-state index >= 15 is 0 Å². The van der Waals surface area contributed by atoms with Crippen LogP contribution >= 0.6 is 7.92 Å². The summed E-state index contributed by atoms with van der Waals surface area (Å²) >= 11 is 0. The summed E-state index contributed by atoms with van der Waals surface area (Å²) in [4.78, 5) is 0. The zero-order chi connectivity index (χ0) is 15.2. The Morgan fingerprint density at radius 2 is 1.43 bits per heavy atom. The number of methoxy groups -OCH3 is 2. The summed E-state index contributed by atoms with van der Waals surface area (Å²) in [5.74, 6) is 5.49. The highest BCUT2D eigenvalue weighted by atomic mass is 31.1. The predicted molar refractivity (Wildman–Crippen MR) is 91.9 cm³/mol. The summed E-state index contributed by atoms with van der Waals surface area (Å²) in [7, 11) is 2.73. The molecule has 0 aliphatic rings. The molecule has 108 valence electrons. The molecule has 0 saturated heterocycles. The second-order valence-corrected chi connectivity index (χ2v) is 6.35. The molecular weight excluding hydrogens is 279 g/mol. The maximum absolute atomic E-state index is 5.52. The van der Waals surface area contributed by atoms with E-state index in [1.165, 1.54) is 5.30 Å². The molecule has 0 spiro atoms. The fourth-order valence-electron chi connectivity index (χ4n) is 2.30. The molecule has 3 heteroatoms. The second kappa shape index (κ2) is 7.10. The summed E-state index contributed by atoms with van der Waals surface area (Å²) < 4.78 is 11.0. The summed E-state index contributed by atoms with van der Waals surface area (Å²) in [6.07, 6.45) is 0. The Kier molecular flexibility index (Phi) is 5.19. The number of rotatable bonds is 6. The Morgan fingerprint density at radius 1 is 0.857 bits per heavy atom. The van der Waals surface area contributed by atoms with Crippen LogP contribution in [-0.4, -0.2) is 14.2 Å². The average Bonchev–Trinajstić information content (AvgIpc) is 2.55. The molecule has 0 aromatic heterocycles. The monoisotopic (exact) mass is 298 g/mol. The van der Waals surface area contributed by atoms with Gasteiger partial charge in [-0.2, -0.15) is 0 Å². The van der Waals surface area contributed by atoms with Gasteiger partial charge in [-0.05, 0) is 30.9 Å². The van der Waals surface area contributed by atoms with Gasteiger partial charge in [0.15, 0.2) is 0 Å². The maximum atomic E-state index is 5.52. The van der Waals surface area contributed by atoms with Crippen LogP contribution in [0, 0.1) is 0 Å². The van der Waals surface area contributed by atoms with Crippen LogP contribution in [0.25, 0.3) is 11.1 Å². The van der Waals surface area contributed by atoms with E-state index in [4.69, 9.17) is 9.47 Å². The molecule has 2 rings (SSSR count). The van der Waals surface area contributed by atoms with Crippen LogP contribution in [0.2, 0.25) is 0 Å². The van der Waals surface area contributed by atoms with Crippen molar-refractivity contribution in [2.75, 3.05) is 14.2 Å². The lowest BCUT2D eigenvalue weighted by molar-refractivity contribution is 0.397. The molecule has 0 radical (unpaired) electrons. The van der Waals surface area contributed by atoms with Crippen LogP contribution in [0.15, 0.2) is 67.3 Å². The van der Waals surface area contributed by atoms with Crippen molar-refractivity contribution in [3.63, 3.8) is 0 Å². The first-order valence-electron chi connectivity index (χ1n) is 6.60. The summed E-state index contributed by atoms with van der Waals surface area (Å²) in [6, 6.07) is 14.0. The van der Waals surface area contributed by atoms with Gasteiger partial charge in [0.2, 0.25) is 0 Å². The van der Waals surface area contributed by atoms with Crippen LogP contribution in [0.4, 0.5) is 0 Å². The van der Waals surface area contributed by atoms with Gasteiger partial charge in [0.25, 0.3) is 0 Å². The molecule has 2 aromatic carbocycles. The molecule has 0 heterocycles. The summed E-state index contributed by atoms with van der Waals surface area (Å²) in [5.41, 5.74) is 2.06. The highest BCUT2D eigenvalue weighted by molar-refractivity contribution is 7.71. The van der Waals surface area contributed by atoms with Gasteiger partial charge >= 0.3 is 0 Å². The van der Waals surface area contributed by atoms with E-state index in [2.05, 4.69) is 25.3 Å². The smallest absolute Gasteiger partial charge is 0.130 e. The van der Waals surface area contributed by atoms with Crippen molar-refractivity contribution in [2.24, 2.45) is 0 Å².